The maximum Gasteiger partial charge on any atom is 0.271 e. The molecule has 1 unspecified atom stereocenters. The van der Waals surface area contributed by atoms with Gasteiger partial charge in [0, 0.05) is 18.7 Å². The molecule has 2 N–H and O–H groups in total. The average molecular weight is 316 g/mol. The van der Waals surface area contributed by atoms with E-state index in [1.807, 2.05) is 0 Å². The molecule has 2 rings (SSSR count). The lowest BCUT2D eigenvalue weighted by atomic mass is 10.2. The monoisotopic (exact) mass is 316 g/mol. The summed E-state index contributed by atoms with van der Waals surface area (Å²) in [7, 11) is -2.72. The molecule has 1 aliphatic carbocycles. The summed E-state index contributed by atoms with van der Waals surface area (Å²) in [6.07, 6.45) is 1.01. The molecule has 0 bridgehead atoms. The van der Waals surface area contributed by atoms with E-state index in [4.69, 9.17) is 4.74 Å². The Balaban J connectivity index is 2.24. The summed E-state index contributed by atoms with van der Waals surface area (Å²) in [5.74, 6) is 0.133. The Morgan fingerprint density at radius 3 is 2.71 bits per heavy atom. The summed E-state index contributed by atoms with van der Waals surface area (Å²) in [6, 6.07) is 3.32. The second kappa shape index (κ2) is 5.96. The molecule has 8 nitrogen and oxygen atoms in total. The first-order valence-corrected chi connectivity index (χ1v) is 7.83. The van der Waals surface area contributed by atoms with Crippen molar-refractivity contribution in [2.45, 2.75) is 23.8 Å². The van der Waals surface area contributed by atoms with Crippen LogP contribution in [0.5, 0.6) is 5.75 Å². The van der Waals surface area contributed by atoms with E-state index in [0.717, 1.165) is 25.0 Å². The predicted octanol–water partition coefficient (Wildman–Crippen LogP) is 0.653. The number of nitrogens with zero attached hydrogens (tertiary/aromatic N) is 1. The average Bonchev–Trinajstić information content (AvgIpc) is 3.28. The molecule has 21 heavy (non-hydrogen) atoms. The third-order valence-electron chi connectivity index (χ3n) is 3.30. The standard InChI is InChI=1S/C12H16N2O6S/c1-20-11-5-4-9(14(16)17)6-12(11)21(18,19)13-7-10(15)8-2-3-8/h4-6,8,10,13,15H,2-3,7H2,1H3. The fraction of sp³-hybridized carbons (Fsp3) is 0.500. The highest BCUT2D eigenvalue weighted by Crippen LogP contribution is 2.33. The second-order valence-corrected chi connectivity index (χ2v) is 6.58. The minimum atomic E-state index is -4.00. The van der Waals surface area contributed by atoms with Crippen LogP contribution >= 0.6 is 0 Å². The molecule has 9 heteroatoms. The van der Waals surface area contributed by atoms with E-state index in [-0.39, 0.29) is 28.8 Å². The quantitative estimate of drug-likeness (QED) is 0.563. The van der Waals surface area contributed by atoms with E-state index >= 15 is 0 Å². The van der Waals surface area contributed by atoms with E-state index in [2.05, 4.69) is 4.72 Å². The third kappa shape index (κ3) is 3.69. The van der Waals surface area contributed by atoms with Gasteiger partial charge in [0.2, 0.25) is 10.0 Å². The number of hydrogen-bond acceptors (Lipinski definition) is 6. The first-order valence-electron chi connectivity index (χ1n) is 6.35. The topological polar surface area (TPSA) is 119 Å². The smallest absolute Gasteiger partial charge is 0.271 e. The highest BCUT2D eigenvalue weighted by atomic mass is 32.2. The van der Waals surface area contributed by atoms with Crippen molar-refractivity contribution in [2.75, 3.05) is 13.7 Å². The van der Waals surface area contributed by atoms with Crippen molar-refractivity contribution < 1.29 is 23.2 Å². The van der Waals surface area contributed by atoms with Crippen molar-refractivity contribution in [2.24, 2.45) is 5.92 Å². The van der Waals surface area contributed by atoms with Gasteiger partial charge in [0.15, 0.2) is 0 Å². The highest BCUT2D eigenvalue weighted by Gasteiger charge is 2.31. The van der Waals surface area contributed by atoms with Gasteiger partial charge in [-0.2, -0.15) is 0 Å². The lowest BCUT2D eigenvalue weighted by molar-refractivity contribution is -0.385. The van der Waals surface area contributed by atoms with Crippen LogP contribution in [0, 0.1) is 16.0 Å². The summed E-state index contributed by atoms with van der Waals surface area (Å²) < 4.78 is 31.6. The van der Waals surface area contributed by atoms with Crippen LogP contribution in [-0.4, -0.2) is 38.2 Å². The van der Waals surface area contributed by atoms with Crippen molar-refractivity contribution in [1.82, 2.24) is 4.72 Å². The van der Waals surface area contributed by atoms with Crippen LogP contribution in [0.2, 0.25) is 0 Å². The van der Waals surface area contributed by atoms with Gasteiger partial charge >= 0.3 is 0 Å². The number of methoxy groups -OCH3 is 1. The molecule has 1 fully saturated rings. The first-order chi connectivity index (χ1) is 9.85. The van der Waals surface area contributed by atoms with Crippen LogP contribution in [0.25, 0.3) is 0 Å². The molecule has 1 aliphatic rings. The summed E-state index contributed by atoms with van der Waals surface area (Å²) in [5.41, 5.74) is -0.348. The van der Waals surface area contributed by atoms with Gasteiger partial charge in [0.1, 0.15) is 10.6 Å². The number of hydrogen-bond donors (Lipinski definition) is 2. The maximum absolute atomic E-state index is 12.2. The van der Waals surface area contributed by atoms with E-state index in [1.54, 1.807) is 0 Å². The van der Waals surface area contributed by atoms with Gasteiger partial charge in [-0.3, -0.25) is 10.1 Å². The van der Waals surface area contributed by atoms with E-state index in [9.17, 15) is 23.6 Å². The molecule has 1 saturated carbocycles. The fourth-order valence-corrected chi connectivity index (χ4v) is 3.15. The summed E-state index contributed by atoms with van der Waals surface area (Å²) in [5, 5.41) is 20.5. The molecule has 1 atom stereocenters. The minimum absolute atomic E-state index is 0.00834. The molecule has 116 valence electrons. The number of rotatable bonds is 7. The Hall–Kier alpha value is -1.71. The lowest BCUT2D eigenvalue weighted by Gasteiger charge is -2.13. The SMILES string of the molecule is COc1ccc([N+](=O)[O-])cc1S(=O)(=O)NCC(O)C1CC1. The van der Waals surface area contributed by atoms with E-state index < -0.39 is 21.1 Å². The van der Waals surface area contributed by atoms with Crippen molar-refractivity contribution in [3.05, 3.63) is 28.3 Å². The van der Waals surface area contributed by atoms with Crippen LogP contribution < -0.4 is 9.46 Å². The first kappa shape index (κ1) is 15.7. The van der Waals surface area contributed by atoms with E-state index in [0.29, 0.717) is 0 Å². The second-order valence-electron chi connectivity index (χ2n) is 4.85. The maximum atomic E-state index is 12.2. The van der Waals surface area contributed by atoms with Crippen molar-refractivity contribution in [1.29, 1.82) is 0 Å². The Morgan fingerprint density at radius 1 is 1.52 bits per heavy atom. The van der Waals surface area contributed by atoms with Gasteiger partial charge in [-0.15, -0.1) is 0 Å². The van der Waals surface area contributed by atoms with Crippen LogP contribution in [0.3, 0.4) is 0 Å². The van der Waals surface area contributed by atoms with E-state index in [1.165, 1.54) is 13.2 Å². The third-order valence-corrected chi connectivity index (χ3v) is 4.74. The van der Waals surface area contributed by atoms with Gasteiger partial charge in [0.25, 0.3) is 5.69 Å². The van der Waals surface area contributed by atoms with Crippen LogP contribution in [0.15, 0.2) is 23.1 Å². The molecule has 0 spiro atoms. The molecule has 1 aromatic rings. The molecular weight excluding hydrogens is 300 g/mol. The minimum Gasteiger partial charge on any atom is -0.495 e. The predicted molar refractivity (Wildman–Crippen MR) is 73.6 cm³/mol. The zero-order chi connectivity index (χ0) is 15.6. The van der Waals surface area contributed by atoms with Crippen LogP contribution in [0.4, 0.5) is 5.69 Å². The van der Waals surface area contributed by atoms with Gasteiger partial charge < -0.3 is 9.84 Å². The summed E-state index contributed by atoms with van der Waals surface area (Å²) >= 11 is 0. The highest BCUT2D eigenvalue weighted by molar-refractivity contribution is 7.89. The fourth-order valence-electron chi connectivity index (χ4n) is 1.91. The summed E-state index contributed by atoms with van der Waals surface area (Å²) in [4.78, 5) is 9.75. The van der Waals surface area contributed by atoms with Crippen LogP contribution in [0.1, 0.15) is 12.8 Å². The van der Waals surface area contributed by atoms with Gasteiger partial charge in [0.05, 0.1) is 18.1 Å². The van der Waals surface area contributed by atoms with Crippen LogP contribution in [-0.2, 0) is 10.0 Å². The number of aliphatic hydroxyl groups is 1. The Morgan fingerprint density at radius 2 is 2.19 bits per heavy atom. The molecule has 0 heterocycles. The zero-order valence-electron chi connectivity index (χ0n) is 11.4. The summed E-state index contributed by atoms with van der Waals surface area (Å²) in [6.45, 7) is -0.126. The zero-order valence-corrected chi connectivity index (χ0v) is 12.2. The Bertz CT molecular complexity index is 641. The number of non-ortho nitro benzene ring substituents is 1. The largest absolute Gasteiger partial charge is 0.495 e. The molecule has 0 aromatic heterocycles. The molecular formula is C12H16N2O6S. The normalized spacial score (nSPS) is 16.5. The van der Waals surface area contributed by atoms with Gasteiger partial charge in [-0.1, -0.05) is 0 Å². The van der Waals surface area contributed by atoms with Crippen molar-refractivity contribution in [3.8, 4) is 5.75 Å². The lowest BCUT2D eigenvalue weighted by Crippen LogP contribution is -2.33. The Kier molecular flexibility index (Phi) is 4.45. The molecule has 0 amide bonds. The molecule has 0 radical (unpaired) electrons. The number of nitro groups is 1. The number of nitro benzene ring substituents is 1. The van der Waals surface area contributed by atoms with Crippen molar-refractivity contribution >= 4 is 15.7 Å². The van der Waals surface area contributed by atoms with Gasteiger partial charge in [-0.25, -0.2) is 13.1 Å². The van der Waals surface area contributed by atoms with Crippen molar-refractivity contribution in [3.63, 3.8) is 0 Å². The number of nitrogens with one attached hydrogen (secondary N) is 1. The molecule has 0 aliphatic heterocycles. The number of benzene rings is 1. The molecule has 1 aromatic carbocycles. The number of sulfonamides is 1. The number of aliphatic hydroxyl groups excluding tert-OH is 1. The Labute approximate surface area is 121 Å². The molecule has 0 saturated heterocycles. The number of ether oxygens (including phenoxy) is 1. The van der Waals surface area contributed by atoms with Gasteiger partial charge in [-0.05, 0) is 24.8 Å².